The molecule has 20 heavy (non-hydrogen) atoms. The summed E-state index contributed by atoms with van der Waals surface area (Å²) in [6.07, 6.45) is 3.00. The normalized spacial score (nSPS) is 10.7. The number of aromatic hydroxyl groups is 1. The van der Waals surface area contributed by atoms with Crippen molar-refractivity contribution in [3.05, 3.63) is 52.2 Å². The van der Waals surface area contributed by atoms with E-state index in [0.29, 0.717) is 11.4 Å². The predicted molar refractivity (Wildman–Crippen MR) is 72.8 cm³/mol. The van der Waals surface area contributed by atoms with Crippen molar-refractivity contribution in [2.45, 2.75) is 0 Å². The number of hydrogen-bond donors (Lipinski definition) is 1. The first kappa shape index (κ1) is 13.5. The van der Waals surface area contributed by atoms with E-state index in [2.05, 4.69) is 9.98 Å². The van der Waals surface area contributed by atoms with E-state index in [-0.39, 0.29) is 5.75 Å². The highest BCUT2D eigenvalue weighted by Gasteiger charge is 2.19. The van der Waals surface area contributed by atoms with Gasteiger partial charge in [-0.25, -0.2) is 9.98 Å². The number of methoxy groups -OCH3 is 1. The number of hydrogen-bond acceptors (Lipinski definition) is 6. The molecule has 0 saturated carbocycles. The summed E-state index contributed by atoms with van der Waals surface area (Å²) in [4.78, 5) is 18.3. The van der Waals surface area contributed by atoms with Gasteiger partial charge in [-0.2, -0.15) is 0 Å². The Labute approximate surface area is 114 Å². The Kier molecular flexibility index (Phi) is 3.90. The molecule has 0 radical (unpaired) electrons. The maximum Gasteiger partial charge on any atom is 0.315 e. The second-order valence-corrected chi connectivity index (χ2v) is 3.79. The predicted octanol–water partition coefficient (Wildman–Crippen LogP) is 2.45. The van der Waals surface area contributed by atoms with Crippen LogP contribution in [0, 0.1) is 10.1 Å². The standard InChI is InChI=1S/C13H11N3O4/c1-20-11-7-9(6-10(13(11)17)16(18)19)8-15-12-4-2-3-5-14-12/h2-8,17H,1H3/b15-8+. The van der Waals surface area contributed by atoms with Gasteiger partial charge in [0.15, 0.2) is 11.6 Å². The van der Waals surface area contributed by atoms with Crippen LogP contribution >= 0.6 is 0 Å². The summed E-state index contributed by atoms with van der Waals surface area (Å²) < 4.78 is 4.90. The van der Waals surface area contributed by atoms with Crippen LogP contribution in [0.25, 0.3) is 0 Å². The van der Waals surface area contributed by atoms with E-state index < -0.39 is 16.4 Å². The molecule has 7 nitrogen and oxygen atoms in total. The molecule has 0 saturated heterocycles. The van der Waals surface area contributed by atoms with E-state index in [4.69, 9.17) is 4.74 Å². The molecule has 1 N–H and O–H groups in total. The van der Waals surface area contributed by atoms with Crippen LogP contribution < -0.4 is 4.74 Å². The highest BCUT2D eigenvalue weighted by Crippen LogP contribution is 2.36. The van der Waals surface area contributed by atoms with Crippen molar-refractivity contribution in [1.82, 2.24) is 4.98 Å². The fraction of sp³-hybridized carbons (Fsp3) is 0.0769. The van der Waals surface area contributed by atoms with Crippen molar-refractivity contribution in [2.75, 3.05) is 7.11 Å². The second-order valence-electron chi connectivity index (χ2n) is 3.79. The lowest BCUT2D eigenvalue weighted by Crippen LogP contribution is -1.94. The van der Waals surface area contributed by atoms with E-state index in [1.54, 1.807) is 24.4 Å². The van der Waals surface area contributed by atoms with Gasteiger partial charge in [0.25, 0.3) is 0 Å². The quantitative estimate of drug-likeness (QED) is 0.524. The number of rotatable bonds is 4. The fourth-order valence-electron chi connectivity index (χ4n) is 1.55. The number of ether oxygens (including phenoxy) is 1. The monoisotopic (exact) mass is 273 g/mol. The molecule has 0 aliphatic carbocycles. The van der Waals surface area contributed by atoms with Crippen LogP contribution in [0.3, 0.4) is 0 Å². The molecule has 0 unspecified atom stereocenters. The fourth-order valence-corrected chi connectivity index (χ4v) is 1.55. The van der Waals surface area contributed by atoms with Gasteiger partial charge in [0.1, 0.15) is 0 Å². The SMILES string of the molecule is COc1cc(/C=N/c2ccccn2)cc([N+](=O)[O-])c1O. The molecule has 0 amide bonds. The molecule has 0 aliphatic rings. The van der Waals surface area contributed by atoms with Gasteiger partial charge in [-0.1, -0.05) is 6.07 Å². The van der Waals surface area contributed by atoms with Gasteiger partial charge in [0.2, 0.25) is 5.75 Å². The zero-order chi connectivity index (χ0) is 14.5. The van der Waals surface area contributed by atoms with Gasteiger partial charge in [0, 0.05) is 24.0 Å². The number of nitro benzene ring substituents is 1. The summed E-state index contributed by atoms with van der Waals surface area (Å²) in [6.45, 7) is 0. The summed E-state index contributed by atoms with van der Waals surface area (Å²) in [6, 6.07) is 7.90. The maximum absolute atomic E-state index is 10.8. The van der Waals surface area contributed by atoms with Crippen molar-refractivity contribution >= 4 is 17.7 Å². The van der Waals surface area contributed by atoms with Gasteiger partial charge < -0.3 is 9.84 Å². The average Bonchev–Trinajstić information content (AvgIpc) is 2.47. The van der Waals surface area contributed by atoms with Crippen LogP contribution in [0.2, 0.25) is 0 Å². The molecule has 7 heteroatoms. The molecular formula is C13H11N3O4. The summed E-state index contributed by atoms with van der Waals surface area (Å²) in [5.41, 5.74) is -0.0103. The Morgan fingerprint density at radius 3 is 2.85 bits per heavy atom. The van der Waals surface area contributed by atoms with Crippen molar-refractivity contribution in [3.63, 3.8) is 0 Å². The molecule has 0 bridgehead atoms. The Morgan fingerprint density at radius 1 is 1.45 bits per heavy atom. The van der Waals surface area contributed by atoms with E-state index in [1.165, 1.54) is 25.5 Å². The molecule has 0 aliphatic heterocycles. The zero-order valence-corrected chi connectivity index (χ0v) is 10.6. The number of aromatic nitrogens is 1. The largest absolute Gasteiger partial charge is 0.500 e. The summed E-state index contributed by atoms with van der Waals surface area (Å²) in [5.74, 6) is -0.0173. The van der Waals surface area contributed by atoms with Crippen LogP contribution in [-0.4, -0.2) is 28.3 Å². The molecule has 102 valence electrons. The molecule has 0 fully saturated rings. The second kappa shape index (κ2) is 5.79. The lowest BCUT2D eigenvalue weighted by Gasteiger charge is -2.04. The first-order valence-corrected chi connectivity index (χ1v) is 5.62. The molecule has 1 aromatic carbocycles. The minimum absolute atomic E-state index is 0.0154. The highest BCUT2D eigenvalue weighted by atomic mass is 16.6. The van der Waals surface area contributed by atoms with Gasteiger partial charge in [0.05, 0.1) is 12.0 Å². The minimum Gasteiger partial charge on any atom is -0.500 e. The first-order chi connectivity index (χ1) is 9.61. The van der Waals surface area contributed by atoms with Crippen molar-refractivity contribution < 1.29 is 14.8 Å². The van der Waals surface area contributed by atoms with Gasteiger partial charge in [-0.05, 0) is 18.2 Å². The van der Waals surface area contributed by atoms with Crippen molar-refractivity contribution in [1.29, 1.82) is 0 Å². The van der Waals surface area contributed by atoms with E-state index in [0.717, 1.165) is 0 Å². The highest BCUT2D eigenvalue weighted by molar-refractivity contribution is 5.84. The number of pyridine rings is 1. The van der Waals surface area contributed by atoms with E-state index in [1.807, 2.05) is 0 Å². The van der Waals surface area contributed by atoms with E-state index >= 15 is 0 Å². The lowest BCUT2D eigenvalue weighted by atomic mass is 10.2. The van der Waals surface area contributed by atoms with Crippen LogP contribution in [0.1, 0.15) is 5.56 Å². The number of nitro groups is 1. The first-order valence-electron chi connectivity index (χ1n) is 5.62. The molecular weight excluding hydrogens is 262 g/mol. The van der Waals surface area contributed by atoms with Crippen molar-refractivity contribution in [2.24, 2.45) is 4.99 Å². The van der Waals surface area contributed by atoms with Gasteiger partial charge >= 0.3 is 5.69 Å². The van der Waals surface area contributed by atoms with Crippen LogP contribution in [0.4, 0.5) is 11.5 Å². The topological polar surface area (TPSA) is 97.9 Å². The summed E-state index contributed by atoms with van der Waals surface area (Å²) >= 11 is 0. The number of aliphatic imine (C=N–C) groups is 1. The third-order valence-electron chi connectivity index (χ3n) is 2.49. The lowest BCUT2D eigenvalue weighted by molar-refractivity contribution is -0.386. The number of nitrogens with zero attached hydrogens (tertiary/aromatic N) is 3. The Hall–Kier alpha value is -2.96. The third kappa shape index (κ3) is 2.89. The summed E-state index contributed by atoms with van der Waals surface area (Å²) in [7, 11) is 1.32. The zero-order valence-electron chi connectivity index (χ0n) is 10.6. The maximum atomic E-state index is 10.8. The Bertz CT molecular complexity index is 656. The molecule has 1 heterocycles. The number of benzene rings is 1. The van der Waals surface area contributed by atoms with Crippen LogP contribution in [-0.2, 0) is 0 Å². The average molecular weight is 273 g/mol. The molecule has 0 atom stereocenters. The van der Waals surface area contributed by atoms with Gasteiger partial charge in [-0.3, -0.25) is 10.1 Å². The van der Waals surface area contributed by atoms with Crippen molar-refractivity contribution in [3.8, 4) is 11.5 Å². The minimum atomic E-state index is -0.685. The summed E-state index contributed by atoms with van der Waals surface area (Å²) in [5, 5.41) is 20.5. The van der Waals surface area contributed by atoms with E-state index in [9.17, 15) is 15.2 Å². The van der Waals surface area contributed by atoms with Gasteiger partial charge in [-0.15, -0.1) is 0 Å². The molecule has 0 spiro atoms. The number of phenols is 1. The number of phenolic OH excluding ortho intramolecular Hbond substituents is 1. The molecule has 2 aromatic rings. The molecule has 1 aromatic heterocycles. The molecule has 2 rings (SSSR count). The Morgan fingerprint density at radius 2 is 2.25 bits per heavy atom. The smallest absolute Gasteiger partial charge is 0.315 e. The Balaban J connectivity index is 2.40. The van der Waals surface area contributed by atoms with Crippen LogP contribution in [0.15, 0.2) is 41.5 Å². The van der Waals surface area contributed by atoms with Crippen LogP contribution in [0.5, 0.6) is 11.5 Å². The third-order valence-corrected chi connectivity index (χ3v) is 2.49.